The van der Waals surface area contributed by atoms with Gasteiger partial charge in [-0.25, -0.2) is 19.8 Å². The number of hydrogen-bond donors (Lipinski definition) is 0. The molecule has 6 aromatic carbocycles. The molecular formula is C38H22N4S. The van der Waals surface area contributed by atoms with Crippen LogP contribution in [0.3, 0.4) is 0 Å². The molecule has 0 saturated heterocycles. The summed E-state index contributed by atoms with van der Waals surface area (Å²) in [7, 11) is 0. The number of rotatable bonds is 4. The van der Waals surface area contributed by atoms with Crippen LogP contribution in [0.2, 0.25) is 0 Å². The number of aromatic nitrogens is 3. The standard InChI is InChI=1S/C38H22N4S/c1-39-27-20-18-25(19-21-27)34-31(22-23-33-35(34)30-15-7-8-17-32(30)43-33)38-41-36(26-11-3-2-4-12-26)40-37(42-38)29-16-9-13-24-10-5-6-14-28(24)29/h2-23H. The highest BCUT2D eigenvalue weighted by molar-refractivity contribution is 7.26. The first-order valence-electron chi connectivity index (χ1n) is 14.0. The second kappa shape index (κ2) is 10.3. The Hall–Kier alpha value is -5.70. The fourth-order valence-corrected chi connectivity index (χ4v) is 6.87. The summed E-state index contributed by atoms with van der Waals surface area (Å²) in [6, 6.07) is 45.3. The highest BCUT2D eigenvalue weighted by Crippen LogP contribution is 2.45. The van der Waals surface area contributed by atoms with Crippen LogP contribution in [0.15, 0.2) is 133 Å². The lowest BCUT2D eigenvalue weighted by Gasteiger charge is -2.14. The van der Waals surface area contributed by atoms with Crippen molar-refractivity contribution >= 4 is 48.0 Å². The van der Waals surface area contributed by atoms with E-state index in [0.29, 0.717) is 23.2 Å². The van der Waals surface area contributed by atoms with Gasteiger partial charge in [0.2, 0.25) is 0 Å². The van der Waals surface area contributed by atoms with Gasteiger partial charge in [-0.05, 0) is 34.5 Å². The van der Waals surface area contributed by atoms with E-state index >= 15 is 0 Å². The van der Waals surface area contributed by atoms with Gasteiger partial charge in [0.15, 0.2) is 23.2 Å². The predicted octanol–water partition coefficient (Wildman–Crippen LogP) is 10.6. The van der Waals surface area contributed by atoms with E-state index in [1.54, 1.807) is 11.3 Å². The molecule has 2 aromatic heterocycles. The van der Waals surface area contributed by atoms with Crippen molar-refractivity contribution in [3.63, 3.8) is 0 Å². The third kappa shape index (κ3) is 4.33. The molecule has 0 bridgehead atoms. The van der Waals surface area contributed by atoms with Crippen LogP contribution in [0.1, 0.15) is 0 Å². The van der Waals surface area contributed by atoms with Gasteiger partial charge in [-0.3, -0.25) is 0 Å². The molecule has 0 unspecified atom stereocenters. The summed E-state index contributed by atoms with van der Waals surface area (Å²) in [6.45, 7) is 7.48. The summed E-state index contributed by atoms with van der Waals surface area (Å²) >= 11 is 1.78. The van der Waals surface area contributed by atoms with Crippen LogP contribution in [0.4, 0.5) is 5.69 Å². The topological polar surface area (TPSA) is 43.0 Å². The molecule has 0 aliphatic heterocycles. The molecule has 200 valence electrons. The molecule has 0 aliphatic carbocycles. The third-order valence-corrected chi connectivity index (χ3v) is 8.90. The Bertz CT molecular complexity index is 2340. The van der Waals surface area contributed by atoms with Crippen molar-refractivity contribution in [1.29, 1.82) is 0 Å². The molecule has 0 aliphatic rings. The van der Waals surface area contributed by atoms with Crippen molar-refractivity contribution < 1.29 is 0 Å². The Labute approximate surface area is 252 Å². The molecule has 0 amide bonds. The van der Waals surface area contributed by atoms with Crippen molar-refractivity contribution in [3.8, 4) is 45.3 Å². The van der Waals surface area contributed by atoms with E-state index in [4.69, 9.17) is 21.5 Å². The summed E-state index contributed by atoms with van der Waals surface area (Å²) in [6.07, 6.45) is 0. The smallest absolute Gasteiger partial charge is 0.187 e. The SMILES string of the molecule is [C-]#[N+]c1ccc(-c2c(-c3nc(-c4ccccc4)nc(-c4cccc5ccccc45)n3)ccc3sc4ccccc4c23)cc1. The largest absolute Gasteiger partial charge is 0.238 e. The minimum absolute atomic E-state index is 0.609. The Morgan fingerprint density at radius 3 is 1.98 bits per heavy atom. The van der Waals surface area contributed by atoms with Crippen LogP contribution in [0, 0.1) is 6.57 Å². The summed E-state index contributed by atoms with van der Waals surface area (Å²) in [4.78, 5) is 18.9. The number of hydrogen-bond acceptors (Lipinski definition) is 4. The lowest BCUT2D eigenvalue weighted by molar-refractivity contribution is 1.08. The van der Waals surface area contributed by atoms with Gasteiger partial charge in [0.1, 0.15) is 0 Å². The highest BCUT2D eigenvalue weighted by atomic mass is 32.1. The second-order valence-electron chi connectivity index (χ2n) is 10.3. The molecule has 0 saturated carbocycles. The maximum absolute atomic E-state index is 7.48. The maximum Gasteiger partial charge on any atom is 0.187 e. The van der Waals surface area contributed by atoms with Gasteiger partial charge in [0.05, 0.1) is 6.57 Å². The Morgan fingerprint density at radius 1 is 0.488 bits per heavy atom. The Balaban J connectivity index is 1.46. The van der Waals surface area contributed by atoms with E-state index < -0.39 is 0 Å². The minimum Gasteiger partial charge on any atom is -0.238 e. The van der Waals surface area contributed by atoms with Gasteiger partial charge in [0, 0.05) is 42.4 Å². The molecule has 5 heteroatoms. The zero-order valence-electron chi connectivity index (χ0n) is 22.9. The first kappa shape index (κ1) is 25.0. The molecule has 43 heavy (non-hydrogen) atoms. The fourth-order valence-electron chi connectivity index (χ4n) is 5.76. The second-order valence-corrected chi connectivity index (χ2v) is 11.4. The lowest BCUT2D eigenvalue weighted by atomic mass is 9.93. The normalized spacial score (nSPS) is 11.2. The monoisotopic (exact) mass is 566 g/mol. The lowest BCUT2D eigenvalue weighted by Crippen LogP contribution is -2.01. The first-order valence-corrected chi connectivity index (χ1v) is 14.8. The van der Waals surface area contributed by atoms with Crippen LogP contribution >= 0.6 is 11.3 Å². The van der Waals surface area contributed by atoms with E-state index in [9.17, 15) is 0 Å². The van der Waals surface area contributed by atoms with Gasteiger partial charge in [-0.1, -0.05) is 115 Å². The molecule has 8 rings (SSSR count). The van der Waals surface area contributed by atoms with Gasteiger partial charge in [-0.2, -0.15) is 0 Å². The summed E-state index contributed by atoms with van der Waals surface area (Å²) < 4.78 is 2.42. The molecule has 2 heterocycles. The van der Waals surface area contributed by atoms with Crippen LogP contribution in [-0.4, -0.2) is 15.0 Å². The number of fused-ring (bicyclic) bond motifs is 4. The Kier molecular flexibility index (Phi) is 5.99. The summed E-state index contributed by atoms with van der Waals surface area (Å²) in [5, 5.41) is 4.59. The maximum atomic E-state index is 7.48. The molecule has 0 spiro atoms. The van der Waals surface area contributed by atoms with Crippen LogP contribution < -0.4 is 0 Å². The fraction of sp³-hybridized carbons (Fsp3) is 0. The molecular weight excluding hydrogens is 545 g/mol. The van der Waals surface area contributed by atoms with Crippen molar-refractivity contribution in [3.05, 3.63) is 145 Å². The van der Waals surface area contributed by atoms with E-state index in [0.717, 1.165) is 38.6 Å². The van der Waals surface area contributed by atoms with E-state index in [2.05, 4.69) is 71.6 Å². The molecule has 0 fully saturated rings. The predicted molar refractivity (Wildman–Crippen MR) is 178 cm³/mol. The van der Waals surface area contributed by atoms with Crippen molar-refractivity contribution in [1.82, 2.24) is 15.0 Å². The number of thiophene rings is 1. The average molecular weight is 567 g/mol. The molecule has 0 N–H and O–H groups in total. The highest BCUT2D eigenvalue weighted by Gasteiger charge is 2.20. The van der Waals surface area contributed by atoms with Gasteiger partial charge < -0.3 is 0 Å². The van der Waals surface area contributed by atoms with Crippen molar-refractivity contribution in [2.75, 3.05) is 0 Å². The van der Waals surface area contributed by atoms with Gasteiger partial charge in [0.25, 0.3) is 0 Å². The molecule has 0 radical (unpaired) electrons. The average Bonchev–Trinajstić information content (AvgIpc) is 3.47. The van der Waals surface area contributed by atoms with E-state index in [1.807, 2.05) is 66.7 Å². The van der Waals surface area contributed by atoms with E-state index in [-0.39, 0.29) is 0 Å². The van der Waals surface area contributed by atoms with E-state index in [1.165, 1.54) is 20.2 Å². The third-order valence-electron chi connectivity index (χ3n) is 7.77. The first-order chi connectivity index (χ1) is 21.3. The zero-order valence-corrected chi connectivity index (χ0v) is 23.7. The van der Waals surface area contributed by atoms with Crippen LogP contribution in [0.25, 0.3) is 81.1 Å². The molecule has 0 atom stereocenters. The number of nitrogens with zero attached hydrogens (tertiary/aromatic N) is 4. The minimum atomic E-state index is 0.609. The number of benzene rings is 6. The molecule has 8 aromatic rings. The van der Waals surface area contributed by atoms with Crippen LogP contribution in [0.5, 0.6) is 0 Å². The van der Waals surface area contributed by atoms with Crippen molar-refractivity contribution in [2.24, 2.45) is 0 Å². The zero-order chi connectivity index (χ0) is 28.8. The Morgan fingerprint density at radius 2 is 1.16 bits per heavy atom. The van der Waals surface area contributed by atoms with Crippen molar-refractivity contribution in [2.45, 2.75) is 0 Å². The molecule has 4 nitrogen and oxygen atoms in total. The quantitative estimate of drug-likeness (QED) is 0.199. The van der Waals surface area contributed by atoms with Gasteiger partial charge in [-0.15, -0.1) is 11.3 Å². The van der Waals surface area contributed by atoms with Crippen LogP contribution in [-0.2, 0) is 0 Å². The van der Waals surface area contributed by atoms with Gasteiger partial charge >= 0.3 is 0 Å². The summed E-state index contributed by atoms with van der Waals surface area (Å²) in [5.41, 5.74) is 5.50. The summed E-state index contributed by atoms with van der Waals surface area (Å²) in [5.74, 6) is 1.86.